The zero-order valence-electron chi connectivity index (χ0n) is 12.5. The quantitative estimate of drug-likeness (QED) is 0.920. The molecule has 0 bridgehead atoms. The average Bonchev–Trinajstić information content (AvgIpc) is 2.60. The largest absolute Gasteiger partial charge is 0.370 e. The van der Waals surface area contributed by atoms with Crippen molar-refractivity contribution < 1.29 is 4.79 Å². The Hall–Kier alpha value is -2.61. The molecule has 1 amide bonds. The Morgan fingerprint density at radius 3 is 3.05 bits per heavy atom. The number of benzene rings is 1. The number of aromatic nitrogens is 1. The van der Waals surface area contributed by atoms with Crippen molar-refractivity contribution in [3.05, 3.63) is 36.0 Å². The number of carbonyl (C=O) groups excluding carboxylic acids is 1. The van der Waals surface area contributed by atoms with Gasteiger partial charge in [0.15, 0.2) is 0 Å². The molecule has 5 heteroatoms. The summed E-state index contributed by atoms with van der Waals surface area (Å²) in [7, 11) is 1.68. The van der Waals surface area contributed by atoms with Gasteiger partial charge in [0.05, 0.1) is 11.4 Å². The van der Waals surface area contributed by atoms with Gasteiger partial charge in [0.1, 0.15) is 11.8 Å². The number of nitrogens with zero attached hydrogens (tertiary/aromatic N) is 3. The molecule has 0 radical (unpaired) electrons. The molecule has 1 aliphatic heterocycles. The van der Waals surface area contributed by atoms with Gasteiger partial charge >= 0.3 is 0 Å². The topological polar surface area (TPSA) is 69.0 Å². The summed E-state index contributed by atoms with van der Waals surface area (Å²) < 4.78 is 0. The van der Waals surface area contributed by atoms with Crippen LogP contribution in [0.15, 0.2) is 30.3 Å². The van der Waals surface area contributed by atoms with Crippen LogP contribution >= 0.6 is 0 Å². The van der Waals surface area contributed by atoms with Gasteiger partial charge in [-0.05, 0) is 25.0 Å². The molecular formula is C17H18N4O. The molecule has 1 aromatic carbocycles. The number of pyridine rings is 1. The number of piperidine rings is 1. The highest BCUT2D eigenvalue weighted by atomic mass is 16.1. The monoisotopic (exact) mass is 294 g/mol. The Kier molecular flexibility index (Phi) is 3.92. The number of anilines is 1. The SMILES string of the molecule is CNC(=O)C1CCCN(c2cc(C#N)nc3ccccc23)C1. The Labute approximate surface area is 129 Å². The molecule has 0 aliphatic carbocycles. The van der Waals surface area contributed by atoms with E-state index in [1.807, 2.05) is 30.3 Å². The van der Waals surface area contributed by atoms with Gasteiger partial charge in [-0.3, -0.25) is 4.79 Å². The summed E-state index contributed by atoms with van der Waals surface area (Å²) in [6, 6.07) is 11.8. The first-order valence-electron chi connectivity index (χ1n) is 7.49. The summed E-state index contributed by atoms with van der Waals surface area (Å²) in [5.41, 5.74) is 2.23. The van der Waals surface area contributed by atoms with Gasteiger partial charge < -0.3 is 10.2 Å². The molecule has 22 heavy (non-hydrogen) atoms. The second-order valence-corrected chi connectivity index (χ2v) is 5.55. The van der Waals surface area contributed by atoms with Crippen LogP contribution in [0.5, 0.6) is 0 Å². The molecule has 112 valence electrons. The standard InChI is InChI=1S/C17H18N4O/c1-19-17(22)12-5-4-8-21(11-12)16-9-13(10-18)20-15-7-3-2-6-14(15)16/h2-3,6-7,9,12H,4-5,8,11H2,1H3,(H,19,22). The van der Waals surface area contributed by atoms with E-state index in [1.54, 1.807) is 7.05 Å². The van der Waals surface area contributed by atoms with Crippen LogP contribution in [0.25, 0.3) is 10.9 Å². The van der Waals surface area contributed by atoms with Crippen molar-refractivity contribution in [3.63, 3.8) is 0 Å². The molecule has 1 saturated heterocycles. The molecule has 1 aromatic heterocycles. The minimum Gasteiger partial charge on any atom is -0.370 e. The molecule has 5 nitrogen and oxygen atoms in total. The Morgan fingerprint density at radius 1 is 1.45 bits per heavy atom. The lowest BCUT2D eigenvalue weighted by Crippen LogP contribution is -2.42. The van der Waals surface area contributed by atoms with Gasteiger partial charge in [-0.1, -0.05) is 18.2 Å². The third-order valence-electron chi connectivity index (χ3n) is 4.19. The van der Waals surface area contributed by atoms with E-state index in [2.05, 4.69) is 21.3 Å². The van der Waals surface area contributed by atoms with Gasteiger partial charge in [-0.25, -0.2) is 4.98 Å². The van der Waals surface area contributed by atoms with Crippen molar-refractivity contribution in [1.82, 2.24) is 10.3 Å². The zero-order valence-corrected chi connectivity index (χ0v) is 12.5. The smallest absolute Gasteiger partial charge is 0.224 e. The second kappa shape index (κ2) is 6.02. The third kappa shape index (κ3) is 2.60. The van der Waals surface area contributed by atoms with E-state index >= 15 is 0 Å². The van der Waals surface area contributed by atoms with Crippen molar-refractivity contribution in [3.8, 4) is 6.07 Å². The van der Waals surface area contributed by atoms with Crippen LogP contribution in [0.4, 0.5) is 5.69 Å². The van der Waals surface area contributed by atoms with Crippen molar-refractivity contribution in [2.45, 2.75) is 12.8 Å². The van der Waals surface area contributed by atoms with Gasteiger partial charge in [-0.15, -0.1) is 0 Å². The Morgan fingerprint density at radius 2 is 2.27 bits per heavy atom. The van der Waals surface area contributed by atoms with E-state index < -0.39 is 0 Å². The highest BCUT2D eigenvalue weighted by Crippen LogP contribution is 2.30. The molecule has 1 aliphatic rings. The highest BCUT2D eigenvalue weighted by Gasteiger charge is 2.26. The van der Waals surface area contributed by atoms with Crippen LogP contribution in [0.3, 0.4) is 0 Å². The molecule has 3 rings (SSSR count). The lowest BCUT2D eigenvalue weighted by molar-refractivity contribution is -0.124. The number of nitrogens with one attached hydrogen (secondary N) is 1. The summed E-state index contributed by atoms with van der Waals surface area (Å²) in [5, 5.41) is 13.0. The summed E-state index contributed by atoms with van der Waals surface area (Å²) in [5.74, 6) is 0.0831. The Bertz CT molecular complexity index is 750. The molecule has 2 aromatic rings. The van der Waals surface area contributed by atoms with Crippen LogP contribution in [-0.2, 0) is 4.79 Å². The number of para-hydroxylation sites is 1. The van der Waals surface area contributed by atoms with E-state index in [1.165, 1.54) is 0 Å². The lowest BCUT2D eigenvalue weighted by atomic mass is 9.96. The number of amides is 1. The normalized spacial score (nSPS) is 18.0. The fourth-order valence-corrected chi connectivity index (χ4v) is 3.09. The molecule has 0 saturated carbocycles. The predicted octanol–water partition coefficient (Wildman–Crippen LogP) is 2.07. The Balaban J connectivity index is 2.02. The van der Waals surface area contributed by atoms with E-state index in [0.717, 1.165) is 36.0 Å². The molecule has 1 atom stereocenters. The number of hydrogen-bond donors (Lipinski definition) is 1. The first-order valence-corrected chi connectivity index (χ1v) is 7.49. The summed E-state index contributed by atoms with van der Waals surface area (Å²) in [6.45, 7) is 1.57. The summed E-state index contributed by atoms with van der Waals surface area (Å²) in [4.78, 5) is 18.5. The highest BCUT2D eigenvalue weighted by molar-refractivity contribution is 5.92. The third-order valence-corrected chi connectivity index (χ3v) is 4.19. The number of nitriles is 1. The van der Waals surface area contributed by atoms with Gasteiger partial charge in [0, 0.05) is 31.2 Å². The van der Waals surface area contributed by atoms with Crippen LogP contribution in [0.1, 0.15) is 18.5 Å². The summed E-state index contributed by atoms with van der Waals surface area (Å²) >= 11 is 0. The van der Waals surface area contributed by atoms with Gasteiger partial charge in [0.2, 0.25) is 5.91 Å². The van der Waals surface area contributed by atoms with E-state index in [0.29, 0.717) is 12.2 Å². The van der Waals surface area contributed by atoms with Crippen molar-refractivity contribution >= 4 is 22.5 Å². The maximum absolute atomic E-state index is 11.9. The average molecular weight is 294 g/mol. The maximum atomic E-state index is 11.9. The minimum atomic E-state index is -0.00351. The van der Waals surface area contributed by atoms with Crippen molar-refractivity contribution in [2.24, 2.45) is 5.92 Å². The first kappa shape index (κ1) is 14.3. The van der Waals surface area contributed by atoms with Gasteiger partial charge in [-0.2, -0.15) is 5.26 Å². The molecular weight excluding hydrogens is 276 g/mol. The fraction of sp³-hybridized carbons (Fsp3) is 0.353. The second-order valence-electron chi connectivity index (χ2n) is 5.55. The van der Waals surface area contributed by atoms with E-state index in [9.17, 15) is 10.1 Å². The van der Waals surface area contributed by atoms with Crippen LogP contribution in [0.2, 0.25) is 0 Å². The number of rotatable bonds is 2. The van der Waals surface area contributed by atoms with Crippen molar-refractivity contribution in [2.75, 3.05) is 25.0 Å². The van der Waals surface area contributed by atoms with E-state index in [-0.39, 0.29) is 11.8 Å². The number of hydrogen-bond acceptors (Lipinski definition) is 4. The zero-order chi connectivity index (χ0) is 15.5. The first-order chi connectivity index (χ1) is 10.7. The maximum Gasteiger partial charge on any atom is 0.224 e. The molecule has 1 fully saturated rings. The fourth-order valence-electron chi connectivity index (χ4n) is 3.09. The van der Waals surface area contributed by atoms with Crippen molar-refractivity contribution in [1.29, 1.82) is 5.26 Å². The van der Waals surface area contributed by atoms with E-state index in [4.69, 9.17) is 0 Å². The molecule has 1 unspecified atom stereocenters. The van der Waals surface area contributed by atoms with Gasteiger partial charge in [0.25, 0.3) is 0 Å². The van der Waals surface area contributed by atoms with Crippen LogP contribution < -0.4 is 10.2 Å². The number of fused-ring (bicyclic) bond motifs is 1. The van der Waals surface area contributed by atoms with Crippen LogP contribution in [0, 0.1) is 17.2 Å². The van der Waals surface area contributed by atoms with Crippen LogP contribution in [-0.4, -0.2) is 31.0 Å². The molecule has 0 spiro atoms. The molecule has 1 N–H and O–H groups in total. The minimum absolute atomic E-state index is 0.00351. The predicted molar refractivity (Wildman–Crippen MR) is 85.5 cm³/mol. The molecule has 2 heterocycles. The lowest BCUT2D eigenvalue weighted by Gasteiger charge is -2.34. The summed E-state index contributed by atoms with van der Waals surface area (Å²) in [6.07, 6.45) is 1.88. The number of carbonyl (C=O) groups is 1.